The lowest BCUT2D eigenvalue weighted by Gasteiger charge is -1.99. The lowest BCUT2D eigenvalue weighted by atomic mass is 10.1. The van der Waals surface area contributed by atoms with Crippen molar-refractivity contribution in [2.45, 2.75) is 19.3 Å². The van der Waals surface area contributed by atoms with Gasteiger partial charge < -0.3 is 0 Å². The van der Waals surface area contributed by atoms with Crippen molar-refractivity contribution in [3.05, 3.63) is 34.1 Å². The van der Waals surface area contributed by atoms with Gasteiger partial charge in [-0.3, -0.25) is 15.1 Å². The SMILES string of the molecule is O=[N+]([O-])c1cnccc1CC1CC1. The quantitative estimate of drug-likeness (QED) is 0.525. The predicted molar refractivity (Wildman–Crippen MR) is 47.3 cm³/mol. The van der Waals surface area contributed by atoms with Crippen LogP contribution in [-0.4, -0.2) is 9.91 Å². The van der Waals surface area contributed by atoms with Gasteiger partial charge in [0.25, 0.3) is 5.69 Å². The summed E-state index contributed by atoms with van der Waals surface area (Å²) in [5, 5.41) is 10.6. The summed E-state index contributed by atoms with van der Waals surface area (Å²) in [6.07, 6.45) is 6.19. The van der Waals surface area contributed by atoms with Gasteiger partial charge in [0.15, 0.2) is 0 Å². The molecule has 0 aromatic carbocycles. The van der Waals surface area contributed by atoms with Crippen LogP contribution in [-0.2, 0) is 6.42 Å². The highest BCUT2D eigenvalue weighted by atomic mass is 16.6. The van der Waals surface area contributed by atoms with E-state index in [0.717, 1.165) is 12.0 Å². The number of rotatable bonds is 3. The average molecular weight is 178 g/mol. The van der Waals surface area contributed by atoms with Crippen molar-refractivity contribution in [3.8, 4) is 0 Å². The largest absolute Gasteiger partial charge is 0.290 e. The first kappa shape index (κ1) is 8.16. The van der Waals surface area contributed by atoms with Gasteiger partial charge in [0, 0.05) is 11.8 Å². The Morgan fingerprint density at radius 2 is 2.38 bits per heavy atom. The number of nitrogens with zero attached hydrogens (tertiary/aromatic N) is 2. The number of nitro groups is 1. The molecule has 1 aromatic rings. The molecule has 2 rings (SSSR count). The Kier molecular flexibility index (Phi) is 1.96. The molecule has 0 spiro atoms. The molecule has 0 aliphatic heterocycles. The monoisotopic (exact) mass is 178 g/mol. The normalized spacial score (nSPS) is 15.7. The van der Waals surface area contributed by atoms with Gasteiger partial charge in [0.05, 0.1) is 4.92 Å². The number of pyridine rings is 1. The van der Waals surface area contributed by atoms with E-state index in [2.05, 4.69) is 4.98 Å². The van der Waals surface area contributed by atoms with Crippen molar-refractivity contribution in [3.63, 3.8) is 0 Å². The molecule has 0 radical (unpaired) electrons. The molecule has 0 unspecified atom stereocenters. The minimum Gasteiger partial charge on any atom is -0.258 e. The van der Waals surface area contributed by atoms with Crippen molar-refractivity contribution in [1.29, 1.82) is 0 Å². The molecule has 1 aliphatic rings. The van der Waals surface area contributed by atoms with Crippen molar-refractivity contribution in [2.24, 2.45) is 5.92 Å². The maximum atomic E-state index is 10.6. The van der Waals surface area contributed by atoms with E-state index >= 15 is 0 Å². The Morgan fingerprint density at radius 1 is 1.62 bits per heavy atom. The molecular formula is C9H10N2O2. The number of aromatic nitrogens is 1. The molecule has 1 aliphatic carbocycles. The third-order valence-corrected chi connectivity index (χ3v) is 2.29. The molecule has 1 fully saturated rings. The fraction of sp³-hybridized carbons (Fsp3) is 0.444. The summed E-state index contributed by atoms with van der Waals surface area (Å²) >= 11 is 0. The van der Waals surface area contributed by atoms with E-state index in [1.54, 1.807) is 12.3 Å². The standard InChI is InChI=1S/C9H10N2O2/c12-11(13)9-6-10-4-3-8(9)5-7-1-2-7/h3-4,6-7H,1-2,5H2. The number of hydrogen-bond acceptors (Lipinski definition) is 3. The third kappa shape index (κ3) is 1.83. The van der Waals surface area contributed by atoms with Gasteiger partial charge in [0.1, 0.15) is 6.20 Å². The molecule has 1 heterocycles. The minimum absolute atomic E-state index is 0.161. The van der Waals surface area contributed by atoms with Crippen LogP contribution in [0.15, 0.2) is 18.5 Å². The van der Waals surface area contributed by atoms with E-state index in [0.29, 0.717) is 5.92 Å². The van der Waals surface area contributed by atoms with Crippen LogP contribution in [0.2, 0.25) is 0 Å². The van der Waals surface area contributed by atoms with Crippen molar-refractivity contribution in [2.75, 3.05) is 0 Å². The first-order valence-corrected chi connectivity index (χ1v) is 4.34. The zero-order valence-electron chi connectivity index (χ0n) is 7.14. The molecule has 0 atom stereocenters. The first-order chi connectivity index (χ1) is 6.27. The Hall–Kier alpha value is -1.45. The molecule has 4 heteroatoms. The molecule has 68 valence electrons. The van der Waals surface area contributed by atoms with Crippen LogP contribution in [0.25, 0.3) is 0 Å². The van der Waals surface area contributed by atoms with Crippen LogP contribution in [0.5, 0.6) is 0 Å². The van der Waals surface area contributed by atoms with Crippen molar-refractivity contribution >= 4 is 5.69 Å². The van der Waals surface area contributed by atoms with Crippen LogP contribution >= 0.6 is 0 Å². The van der Waals surface area contributed by atoms with Gasteiger partial charge in [-0.25, -0.2) is 0 Å². The summed E-state index contributed by atoms with van der Waals surface area (Å²) in [5.41, 5.74) is 0.983. The maximum Gasteiger partial charge on any atom is 0.290 e. The molecule has 0 bridgehead atoms. The highest BCUT2D eigenvalue weighted by Crippen LogP contribution is 2.34. The van der Waals surface area contributed by atoms with E-state index in [4.69, 9.17) is 0 Å². The lowest BCUT2D eigenvalue weighted by Crippen LogP contribution is -1.97. The van der Waals surface area contributed by atoms with Crippen LogP contribution in [0, 0.1) is 16.0 Å². The van der Waals surface area contributed by atoms with Crippen LogP contribution < -0.4 is 0 Å². The second-order valence-electron chi connectivity index (χ2n) is 3.41. The highest BCUT2D eigenvalue weighted by Gasteiger charge is 2.25. The second kappa shape index (κ2) is 3.12. The Bertz CT molecular complexity index is 334. The van der Waals surface area contributed by atoms with Crippen LogP contribution in [0.4, 0.5) is 5.69 Å². The third-order valence-electron chi connectivity index (χ3n) is 2.29. The van der Waals surface area contributed by atoms with E-state index < -0.39 is 0 Å². The molecule has 4 nitrogen and oxygen atoms in total. The zero-order chi connectivity index (χ0) is 9.26. The van der Waals surface area contributed by atoms with Gasteiger partial charge >= 0.3 is 0 Å². The molecule has 13 heavy (non-hydrogen) atoms. The fourth-order valence-electron chi connectivity index (χ4n) is 1.38. The maximum absolute atomic E-state index is 10.6. The Labute approximate surface area is 75.8 Å². The molecule has 0 amide bonds. The topological polar surface area (TPSA) is 56.0 Å². The summed E-state index contributed by atoms with van der Waals surface area (Å²) in [4.78, 5) is 14.0. The summed E-state index contributed by atoms with van der Waals surface area (Å²) in [6.45, 7) is 0. The van der Waals surface area contributed by atoms with Crippen LogP contribution in [0.3, 0.4) is 0 Å². The van der Waals surface area contributed by atoms with E-state index in [-0.39, 0.29) is 10.6 Å². The van der Waals surface area contributed by atoms with E-state index in [1.165, 1.54) is 19.0 Å². The zero-order valence-corrected chi connectivity index (χ0v) is 7.14. The molecule has 1 aromatic heterocycles. The van der Waals surface area contributed by atoms with E-state index in [1.807, 2.05) is 0 Å². The number of hydrogen-bond donors (Lipinski definition) is 0. The predicted octanol–water partition coefficient (Wildman–Crippen LogP) is 1.94. The van der Waals surface area contributed by atoms with Gasteiger partial charge in [-0.15, -0.1) is 0 Å². The highest BCUT2D eigenvalue weighted by molar-refractivity contribution is 5.37. The van der Waals surface area contributed by atoms with E-state index in [9.17, 15) is 10.1 Å². The van der Waals surface area contributed by atoms with Gasteiger partial charge in [-0.2, -0.15) is 0 Å². The molecule has 1 saturated carbocycles. The van der Waals surface area contributed by atoms with Gasteiger partial charge in [0.2, 0.25) is 0 Å². The molecule has 0 saturated heterocycles. The Morgan fingerprint density at radius 3 is 3.00 bits per heavy atom. The van der Waals surface area contributed by atoms with Crippen molar-refractivity contribution in [1.82, 2.24) is 4.98 Å². The summed E-state index contributed by atoms with van der Waals surface area (Å²) in [5.74, 6) is 0.668. The molecule has 0 N–H and O–H groups in total. The fourth-order valence-corrected chi connectivity index (χ4v) is 1.38. The minimum atomic E-state index is -0.356. The first-order valence-electron chi connectivity index (χ1n) is 4.34. The Balaban J connectivity index is 2.25. The van der Waals surface area contributed by atoms with Crippen LogP contribution in [0.1, 0.15) is 18.4 Å². The molecular weight excluding hydrogens is 168 g/mol. The van der Waals surface area contributed by atoms with Gasteiger partial charge in [-0.05, 0) is 31.2 Å². The summed E-state index contributed by atoms with van der Waals surface area (Å²) < 4.78 is 0. The lowest BCUT2D eigenvalue weighted by molar-refractivity contribution is -0.385. The van der Waals surface area contributed by atoms with Gasteiger partial charge in [-0.1, -0.05) is 0 Å². The smallest absolute Gasteiger partial charge is 0.258 e. The second-order valence-corrected chi connectivity index (χ2v) is 3.41. The average Bonchev–Trinajstić information content (AvgIpc) is 2.89. The summed E-state index contributed by atoms with van der Waals surface area (Å²) in [7, 11) is 0. The summed E-state index contributed by atoms with van der Waals surface area (Å²) in [6, 6.07) is 1.75. The van der Waals surface area contributed by atoms with Crippen molar-refractivity contribution < 1.29 is 4.92 Å².